The number of carbonyl (C=O) groups excluding carboxylic acids is 1. The van der Waals surface area contributed by atoms with Gasteiger partial charge in [0, 0.05) is 22.7 Å². The average Bonchev–Trinajstić information content (AvgIpc) is 3.17. The highest BCUT2D eigenvalue weighted by Gasteiger charge is 2.16. The molecule has 3 aromatic rings. The summed E-state index contributed by atoms with van der Waals surface area (Å²) < 4.78 is 6.98. The monoisotopic (exact) mass is 356 g/mol. The summed E-state index contributed by atoms with van der Waals surface area (Å²) in [7, 11) is 1.64. The van der Waals surface area contributed by atoms with Crippen LogP contribution in [-0.2, 0) is 6.54 Å². The Labute approximate surface area is 150 Å². The Bertz CT molecular complexity index is 896. The Hall–Kier alpha value is -2.67. The van der Waals surface area contributed by atoms with Crippen molar-refractivity contribution in [2.24, 2.45) is 0 Å². The van der Waals surface area contributed by atoms with Gasteiger partial charge in [-0.1, -0.05) is 0 Å². The topological polar surface area (TPSA) is 69.0 Å². The summed E-state index contributed by atoms with van der Waals surface area (Å²) in [5, 5.41) is 7.71. The van der Waals surface area contributed by atoms with Gasteiger partial charge >= 0.3 is 0 Å². The van der Waals surface area contributed by atoms with E-state index in [1.165, 1.54) is 11.3 Å². The predicted molar refractivity (Wildman–Crippen MR) is 99.4 cm³/mol. The number of nitrogens with zero attached hydrogens (tertiary/aromatic N) is 3. The van der Waals surface area contributed by atoms with Crippen molar-refractivity contribution >= 4 is 22.4 Å². The molecule has 25 heavy (non-hydrogen) atoms. The van der Waals surface area contributed by atoms with Crippen molar-refractivity contribution in [1.29, 1.82) is 0 Å². The molecular weight excluding hydrogens is 336 g/mol. The maximum atomic E-state index is 12.4. The molecule has 130 valence electrons. The fourth-order valence-corrected chi connectivity index (χ4v) is 3.40. The number of rotatable bonds is 5. The number of aromatic nitrogens is 3. The van der Waals surface area contributed by atoms with Gasteiger partial charge in [0.15, 0.2) is 10.8 Å². The van der Waals surface area contributed by atoms with Gasteiger partial charge in [0.1, 0.15) is 5.75 Å². The largest absolute Gasteiger partial charge is 0.497 e. The number of anilines is 1. The Kier molecular flexibility index (Phi) is 4.85. The summed E-state index contributed by atoms with van der Waals surface area (Å²) in [6, 6.07) is 9.49. The molecule has 0 aliphatic rings. The summed E-state index contributed by atoms with van der Waals surface area (Å²) in [6.07, 6.45) is 0. The van der Waals surface area contributed by atoms with Gasteiger partial charge in [-0.15, -0.1) is 11.3 Å². The standard InChI is InChI=1S/C18H20N4O2S/c1-5-22-11(2)10-15(21-22)17(23)20-18-19-16(12(3)25-18)13-6-8-14(24-4)9-7-13/h6-10H,5H2,1-4H3,(H,19,20,23). The SMILES string of the molecule is CCn1nc(C(=O)Nc2nc(-c3ccc(OC)cc3)c(C)s2)cc1C. The van der Waals surface area contributed by atoms with Gasteiger partial charge < -0.3 is 4.74 Å². The average molecular weight is 356 g/mol. The normalized spacial score (nSPS) is 10.7. The molecule has 1 aromatic carbocycles. The van der Waals surface area contributed by atoms with Crippen LogP contribution in [0.25, 0.3) is 11.3 Å². The lowest BCUT2D eigenvalue weighted by molar-refractivity contribution is 0.102. The first kappa shape index (κ1) is 17.2. The third kappa shape index (κ3) is 3.56. The van der Waals surface area contributed by atoms with Gasteiger partial charge in [-0.3, -0.25) is 14.8 Å². The summed E-state index contributed by atoms with van der Waals surface area (Å²) in [4.78, 5) is 18.0. The van der Waals surface area contributed by atoms with Crippen LogP contribution in [0, 0.1) is 13.8 Å². The van der Waals surface area contributed by atoms with Gasteiger partial charge in [0.2, 0.25) is 0 Å². The van der Waals surface area contributed by atoms with Crippen LogP contribution < -0.4 is 10.1 Å². The van der Waals surface area contributed by atoms with Crippen LogP contribution in [0.1, 0.15) is 28.0 Å². The van der Waals surface area contributed by atoms with E-state index in [1.807, 2.05) is 45.0 Å². The first-order valence-electron chi connectivity index (χ1n) is 7.99. The van der Waals surface area contributed by atoms with Crippen molar-refractivity contribution in [2.75, 3.05) is 12.4 Å². The van der Waals surface area contributed by atoms with Crippen molar-refractivity contribution in [2.45, 2.75) is 27.3 Å². The molecule has 0 saturated heterocycles. The van der Waals surface area contributed by atoms with Gasteiger partial charge in [0.25, 0.3) is 5.91 Å². The van der Waals surface area contributed by atoms with E-state index in [2.05, 4.69) is 15.4 Å². The number of aryl methyl sites for hydroxylation is 3. The van der Waals surface area contributed by atoms with Gasteiger partial charge in [-0.2, -0.15) is 5.10 Å². The first-order valence-corrected chi connectivity index (χ1v) is 8.81. The number of amides is 1. The lowest BCUT2D eigenvalue weighted by atomic mass is 10.1. The molecule has 0 saturated carbocycles. The van der Waals surface area contributed by atoms with Crippen molar-refractivity contribution in [3.63, 3.8) is 0 Å². The molecule has 0 aliphatic heterocycles. The highest BCUT2D eigenvalue weighted by atomic mass is 32.1. The van der Waals surface area contributed by atoms with E-state index < -0.39 is 0 Å². The molecule has 0 fully saturated rings. The number of methoxy groups -OCH3 is 1. The fourth-order valence-electron chi connectivity index (χ4n) is 2.57. The minimum atomic E-state index is -0.245. The van der Waals surface area contributed by atoms with Gasteiger partial charge in [-0.05, 0) is 51.1 Å². The Morgan fingerprint density at radius 1 is 1.28 bits per heavy atom. The second-order valence-corrected chi connectivity index (χ2v) is 6.80. The third-order valence-corrected chi connectivity index (χ3v) is 4.78. The number of hydrogen-bond donors (Lipinski definition) is 1. The van der Waals surface area contributed by atoms with Crippen molar-refractivity contribution in [3.05, 3.63) is 46.6 Å². The fraction of sp³-hybridized carbons (Fsp3) is 0.278. The minimum Gasteiger partial charge on any atom is -0.497 e. The molecule has 0 aliphatic carbocycles. The quantitative estimate of drug-likeness (QED) is 0.753. The zero-order valence-electron chi connectivity index (χ0n) is 14.7. The molecule has 1 amide bonds. The zero-order chi connectivity index (χ0) is 18.0. The van der Waals surface area contributed by atoms with Crippen LogP contribution in [0.15, 0.2) is 30.3 Å². The van der Waals surface area contributed by atoms with Crippen LogP contribution >= 0.6 is 11.3 Å². The van der Waals surface area contributed by atoms with Gasteiger partial charge in [-0.25, -0.2) is 4.98 Å². The lowest BCUT2D eigenvalue weighted by Gasteiger charge is -2.01. The van der Waals surface area contributed by atoms with E-state index in [0.29, 0.717) is 10.8 Å². The van der Waals surface area contributed by atoms with Crippen molar-refractivity contribution < 1.29 is 9.53 Å². The molecule has 2 aromatic heterocycles. The van der Waals surface area contributed by atoms with Crippen LogP contribution in [-0.4, -0.2) is 27.8 Å². The van der Waals surface area contributed by atoms with Crippen LogP contribution in [0.5, 0.6) is 5.75 Å². The van der Waals surface area contributed by atoms with E-state index in [-0.39, 0.29) is 5.91 Å². The molecule has 3 rings (SSSR count). The van der Waals surface area contributed by atoms with Crippen LogP contribution in [0.4, 0.5) is 5.13 Å². The Balaban J connectivity index is 1.80. The smallest absolute Gasteiger partial charge is 0.277 e. The maximum Gasteiger partial charge on any atom is 0.277 e. The lowest BCUT2D eigenvalue weighted by Crippen LogP contribution is -2.13. The molecule has 7 heteroatoms. The molecule has 0 atom stereocenters. The molecule has 0 bridgehead atoms. The summed E-state index contributed by atoms with van der Waals surface area (Å²) in [5.74, 6) is 0.553. The van der Waals surface area contributed by atoms with Crippen LogP contribution in [0.2, 0.25) is 0 Å². The number of benzene rings is 1. The van der Waals surface area contributed by atoms with Gasteiger partial charge in [0.05, 0.1) is 12.8 Å². The second kappa shape index (κ2) is 7.06. The molecular formula is C18H20N4O2S. The van der Waals surface area contributed by atoms with Crippen molar-refractivity contribution in [1.82, 2.24) is 14.8 Å². The highest BCUT2D eigenvalue weighted by Crippen LogP contribution is 2.31. The molecule has 0 radical (unpaired) electrons. The van der Waals surface area contributed by atoms with E-state index in [1.54, 1.807) is 17.9 Å². The number of carbonyl (C=O) groups is 1. The molecule has 2 heterocycles. The first-order chi connectivity index (χ1) is 12.0. The Morgan fingerprint density at radius 3 is 2.60 bits per heavy atom. The maximum absolute atomic E-state index is 12.4. The van der Waals surface area contributed by atoms with E-state index in [4.69, 9.17) is 4.74 Å². The summed E-state index contributed by atoms with van der Waals surface area (Å²) in [6.45, 7) is 6.65. The number of thiazole rings is 1. The molecule has 0 unspecified atom stereocenters. The van der Waals surface area contributed by atoms with E-state index >= 15 is 0 Å². The highest BCUT2D eigenvalue weighted by molar-refractivity contribution is 7.16. The number of hydrogen-bond acceptors (Lipinski definition) is 5. The predicted octanol–water partition coefficient (Wildman–Crippen LogP) is 3.90. The molecule has 6 nitrogen and oxygen atoms in total. The molecule has 0 spiro atoms. The minimum absolute atomic E-state index is 0.245. The number of ether oxygens (including phenoxy) is 1. The Morgan fingerprint density at radius 2 is 2.00 bits per heavy atom. The third-order valence-electron chi connectivity index (χ3n) is 3.89. The summed E-state index contributed by atoms with van der Waals surface area (Å²) >= 11 is 1.45. The van der Waals surface area contributed by atoms with E-state index in [9.17, 15) is 4.79 Å². The zero-order valence-corrected chi connectivity index (χ0v) is 15.5. The van der Waals surface area contributed by atoms with Crippen LogP contribution in [0.3, 0.4) is 0 Å². The summed E-state index contributed by atoms with van der Waals surface area (Å²) in [5.41, 5.74) is 3.21. The van der Waals surface area contributed by atoms with Crippen molar-refractivity contribution in [3.8, 4) is 17.0 Å². The van der Waals surface area contributed by atoms with E-state index in [0.717, 1.165) is 34.1 Å². The second-order valence-electron chi connectivity index (χ2n) is 5.59. The number of nitrogens with one attached hydrogen (secondary N) is 1. The molecule has 1 N–H and O–H groups in total.